The van der Waals surface area contributed by atoms with Crippen LogP contribution in [0.2, 0.25) is 0 Å². The van der Waals surface area contributed by atoms with Gasteiger partial charge in [-0.3, -0.25) is 0 Å². The third kappa shape index (κ3) is 3.28. The van der Waals surface area contributed by atoms with Gasteiger partial charge in [-0.25, -0.2) is 0 Å². The Kier molecular flexibility index (Phi) is 4.01. The molecule has 3 rings (SSSR count). The van der Waals surface area contributed by atoms with Crippen LogP contribution in [0.5, 0.6) is 11.5 Å². The van der Waals surface area contributed by atoms with Crippen LogP contribution in [0, 0.1) is 0 Å². The predicted octanol–water partition coefficient (Wildman–Crippen LogP) is 2.85. The first-order valence-electron chi connectivity index (χ1n) is 6.53. The number of hydrogen-bond acceptors (Lipinski definition) is 4. The highest BCUT2D eigenvalue weighted by molar-refractivity contribution is 7.09. The Hall–Kier alpha value is -1.52. The van der Waals surface area contributed by atoms with Gasteiger partial charge < -0.3 is 14.8 Å². The molecule has 0 atom stereocenters. The molecule has 100 valence electrons. The molecule has 0 saturated heterocycles. The average Bonchev–Trinajstić information content (AvgIpc) is 2.97. The minimum absolute atomic E-state index is 0.646. The number of ether oxygens (including phenoxy) is 2. The van der Waals surface area contributed by atoms with Crippen molar-refractivity contribution in [3.8, 4) is 11.5 Å². The van der Waals surface area contributed by atoms with E-state index in [0.29, 0.717) is 13.2 Å². The molecule has 0 bridgehead atoms. The molecular weight excluding hydrogens is 258 g/mol. The zero-order valence-corrected chi connectivity index (χ0v) is 11.5. The molecule has 0 unspecified atom stereocenters. The first kappa shape index (κ1) is 12.5. The van der Waals surface area contributed by atoms with Crippen molar-refractivity contribution in [3.63, 3.8) is 0 Å². The number of fused-ring (bicyclic) bond motifs is 1. The number of benzene rings is 1. The van der Waals surface area contributed by atoms with Crippen LogP contribution in [0.15, 0.2) is 35.7 Å². The number of nitrogens with one attached hydrogen (secondary N) is 1. The van der Waals surface area contributed by atoms with Gasteiger partial charge in [0.1, 0.15) is 13.2 Å². The molecule has 1 N–H and O–H groups in total. The first-order valence-corrected chi connectivity index (χ1v) is 7.41. The lowest BCUT2D eigenvalue weighted by Crippen LogP contribution is -2.17. The second kappa shape index (κ2) is 6.08. The molecule has 0 spiro atoms. The fraction of sp³-hybridized carbons (Fsp3) is 0.333. The molecule has 19 heavy (non-hydrogen) atoms. The molecule has 0 saturated carbocycles. The van der Waals surface area contributed by atoms with E-state index in [1.54, 1.807) is 11.3 Å². The van der Waals surface area contributed by atoms with Gasteiger partial charge in [-0.1, -0.05) is 12.1 Å². The minimum atomic E-state index is 0.646. The topological polar surface area (TPSA) is 30.5 Å². The van der Waals surface area contributed by atoms with Crippen LogP contribution in [0.4, 0.5) is 0 Å². The maximum Gasteiger partial charge on any atom is 0.161 e. The van der Waals surface area contributed by atoms with Crippen LogP contribution in [-0.4, -0.2) is 19.8 Å². The van der Waals surface area contributed by atoms with E-state index < -0.39 is 0 Å². The highest BCUT2D eigenvalue weighted by Gasteiger charge is 2.11. The molecule has 0 amide bonds. The van der Waals surface area contributed by atoms with E-state index in [4.69, 9.17) is 9.47 Å². The fourth-order valence-corrected chi connectivity index (χ4v) is 2.78. The summed E-state index contributed by atoms with van der Waals surface area (Å²) in [7, 11) is 0. The Morgan fingerprint density at radius 3 is 2.84 bits per heavy atom. The third-order valence-electron chi connectivity index (χ3n) is 3.08. The lowest BCUT2D eigenvalue weighted by molar-refractivity contribution is 0.171. The Balaban J connectivity index is 1.50. The van der Waals surface area contributed by atoms with Crippen molar-refractivity contribution in [2.75, 3.05) is 19.8 Å². The van der Waals surface area contributed by atoms with E-state index in [-0.39, 0.29) is 0 Å². The second-order valence-electron chi connectivity index (χ2n) is 4.48. The lowest BCUT2D eigenvalue weighted by Gasteiger charge is -2.18. The normalized spacial score (nSPS) is 13.5. The molecule has 1 aliphatic heterocycles. The van der Waals surface area contributed by atoms with Crippen molar-refractivity contribution in [1.29, 1.82) is 0 Å². The van der Waals surface area contributed by atoms with E-state index in [0.717, 1.165) is 31.0 Å². The van der Waals surface area contributed by atoms with Crippen LogP contribution >= 0.6 is 11.3 Å². The van der Waals surface area contributed by atoms with E-state index in [9.17, 15) is 0 Å². The summed E-state index contributed by atoms with van der Waals surface area (Å²) in [6, 6.07) is 10.4. The summed E-state index contributed by atoms with van der Waals surface area (Å²) in [5, 5.41) is 5.56. The Morgan fingerprint density at radius 2 is 2.00 bits per heavy atom. The van der Waals surface area contributed by atoms with Gasteiger partial charge in [0.25, 0.3) is 0 Å². The van der Waals surface area contributed by atoms with Gasteiger partial charge in [-0.2, -0.15) is 0 Å². The minimum Gasteiger partial charge on any atom is -0.486 e. The Labute approximate surface area is 117 Å². The zero-order valence-electron chi connectivity index (χ0n) is 10.7. The second-order valence-corrected chi connectivity index (χ2v) is 5.52. The van der Waals surface area contributed by atoms with Crippen molar-refractivity contribution in [2.24, 2.45) is 0 Å². The first-order chi connectivity index (χ1) is 9.42. The van der Waals surface area contributed by atoms with Crippen LogP contribution in [0.1, 0.15) is 10.4 Å². The maximum absolute atomic E-state index is 5.59. The molecule has 1 aromatic heterocycles. The van der Waals surface area contributed by atoms with Crippen LogP contribution in [0.3, 0.4) is 0 Å². The van der Waals surface area contributed by atoms with Gasteiger partial charge in [0.15, 0.2) is 11.5 Å². The van der Waals surface area contributed by atoms with Gasteiger partial charge in [-0.05, 0) is 42.1 Å². The number of rotatable bonds is 5. The van der Waals surface area contributed by atoms with Gasteiger partial charge in [0.2, 0.25) is 0 Å². The number of thiophene rings is 1. The molecule has 0 radical (unpaired) electrons. The van der Waals surface area contributed by atoms with Gasteiger partial charge in [0.05, 0.1) is 0 Å². The number of hydrogen-bond donors (Lipinski definition) is 1. The fourth-order valence-electron chi connectivity index (χ4n) is 2.10. The third-order valence-corrected chi connectivity index (χ3v) is 3.95. The van der Waals surface area contributed by atoms with Gasteiger partial charge in [-0.15, -0.1) is 11.3 Å². The largest absolute Gasteiger partial charge is 0.486 e. The molecule has 3 nitrogen and oxygen atoms in total. The van der Waals surface area contributed by atoms with Crippen LogP contribution < -0.4 is 14.8 Å². The molecule has 1 aliphatic rings. The summed E-state index contributed by atoms with van der Waals surface area (Å²) < 4.78 is 11.1. The van der Waals surface area contributed by atoms with Crippen LogP contribution in [0.25, 0.3) is 0 Å². The molecule has 0 aliphatic carbocycles. The summed E-state index contributed by atoms with van der Waals surface area (Å²) in [5.41, 5.74) is 1.28. The van der Waals surface area contributed by atoms with Crippen molar-refractivity contribution < 1.29 is 9.47 Å². The van der Waals surface area contributed by atoms with Crippen LogP contribution in [-0.2, 0) is 13.0 Å². The standard InChI is InChI=1S/C15H17NO2S/c1-2-13(19-9-1)11-16-6-5-12-3-4-14-15(10-12)18-8-7-17-14/h1-4,9-10,16H,5-8,11H2. The van der Waals surface area contributed by atoms with E-state index >= 15 is 0 Å². The Morgan fingerprint density at radius 1 is 1.11 bits per heavy atom. The average molecular weight is 275 g/mol. The maximum atomic E-state index is 5.59. The Bertz CT molecular complexity index is 525. The van der Waals surface area contributed by atoms with E-state index in [2.05, 4.69) is 35.0 Å². The van der Waals surface area contributed by atoms with Crippen molar-refractivity contribution in [3.05, 3.63) is 46.2 Å². The zero-order chi connectivity index (χ0) is 12.9. The molecule has 0 fully saturated rings. The predicted molar refractivity (Wildman–Crippen MR) is 77.2 cm³/mol. The highest BCUT2D eigenvalue weighted by atomic mass is 32.1. The monoisotopic (exact) mass is 275 g/mol. The van der Waals surface area contributed by atoms with Gasteiger partial charge in [0, 0.05) is 11.4 Å². The molecule has 1 aromatic carbocycles. The summed E-state index contributed by atoms with van der Waals surface area (Å²) in [6.45, 7) is 3.21. The summed E-state index contributed by atoms with van der Waals surface area (Å²) in [5.74, 6) is 1.74. The molecule has 2 heterocycles. The SMILES string of the molecule is c1csc(CNCCc2ccc3c(c2)OCCO3)c1. The van der Waals surface area contributed by atoms with E-state index in [1.807, 2.05) is 6.07 Å². The highest BCUT2D eigenvalue weighted by Crippen LogP contribution is 2.30. The van der Waals surface area contributed by atoms with Crippen molar-refractivity contribution >= 4 is 11.3 Å². The van der Waals surface area contributed by atoms with Crippen molar-refractivity contribution in [1.82, 2.24) is 5.32 Å². The van der Waals surface area contributed by atoms with Gasteiger partial charge >= 0.3 is 0 Å². The molecule has 4 heteroatoms. The quantitative estimate of drug-likeness (QED) is 0.851. The lowest BCUT2D eigenvalue weighted by atomic mass is 10.1. The molecule has 2 aromatic rings. The molecular formula is C15H17NO2S. The summed E-state index contributed by atoms with van der Waals surface area (Å²) in [4.78, 5) is 1.38. The summed E-state index contributed by atoms with van der Waals surface area (Å²) in [6.07, 6.45) is 1.00. The van der Waals surface area contributed by atoms with Crippen molar-refractivity contribution in [2.45, 2.75) is 13.0 Å². The summed E-state index contributed by atoms with van der Waals surface area (Å²) >= 11 is 1.79. The smallest absolute Gasteiger partial charge is 0.161 e. The van der Waals surface area contributed by atoms with E-state index in [1.165, 1.54) is 10.4 Å².